The number of nitrogens with two attached hydrogens (primary N) is 1. The molecule has 4 nitrogen and oxygen atoms in total. The van der Waals surface area contributed by atoms with Crippen LogP contribution in [-0.4, -0.2) is 12.2 Å². The third kappa shape index (κ3) is 2.70. The number of nitrogens with one attached hydrogen (secondary N) is 1. The molecule has 0 aromatic heterocycles. The molecule has 0 heterocycles. The van der Waals surface area contributed by atoms with Gasteiger partial charge in [0.05, 0.1) is 11.2 Å². The first-order chi connectivity index (χ1) is 6.61. The summed E-state index contributed by atoms with van der Waals surface area (Å²) in [6, 6.07) is 3.39. The summed E-state index contributed by atoms with van der Waals surface area (Å²) in [5, 5.41) is 3.60. The Morgan fingerprint density at radius 3 is 2.93 bits per heavy atom. The normalized spacial score (nSPS) is 10.4. The number of nitrogens with zero attached hydrogens (tertiary/aromatic N) is 1. The van der Waals surface area contributed by atoms with Gasteiger partial charge in [-0.05, 0) is 12.1 Å². The van der Waals surface area contributed by atoms with Crippen LogP contribution < -0.4 is 11.2 Å². The van der Waals surface area contributed by atoms with E-state index < -0.39 is 11.8 Å². The molecule has 6 heteroatoms. The van der Waals surface area contributed by atoms with Gasteiger partial charge in [0.1, 0.15) is 5.82 Å². The molecule has 1 aromatic rings. The van der Waals surface area contributed by atoms with Crippen LogP contribution in [0.3, 0.4) is 0 Å². The molecule has 0 saturated carbocycles. The molecule has 1 rings (SSSR count). The minimum Gasteiger partial charge on any atom is -0.350 e. The molecule has 74 valence electrons. The van der Waals surface area contributed by atoms with Crippen LogP contribution in [0.5, 0.6) is 0 Å². The molecular formula is C8H7ClFN3O. The highest BCUT2D eigenvalue weighted by Gasteiger charge is 2.03. The molecule has 0 unspecified atom stereocenters. The van der Waals surface area contributed by atoms with Crippen LogP contribution in [0.15, 0.2) is 23.3 Å². The summed E-state index contributed by atoms with van der Waals surface area (Å²) in [6.45, 7) is 0. The predicted molar refractivity (Wildman–Crippen MR) is 51.7 cm³/mol. The number of rotatable bonds is 2. The molecule has 0 spiro atoms. The van der Waals surface area contributed by atoms with E-state index in [-0.39, 0.29) is 10.6 Å². The maximum atomic E-state index is 13.1. The summed E-state index contributed by atoms with van der Waals surface area (Å²) in [4.78, 5) is 10.2. The number of amides is 2. The summed E-state index contributed by atoms with van der Waals surface area (Å²) in [5.41, 5.74) is 6.77. The fourth-order valence-electron chi connectivity index (χ4n) is 0.794. The third-order valence-electron chi connectivity index (χ3n) is 1.37. The van der Waals surface area contributed by atoms with Crippen molar-refractivity contribution in [2.45, 2.75) is 0 Å². The van der Waals surface area contributed by atoms with Crippen molar-refractivity contribution >= 4 is 23.8 Å². The Kier molecular flexibility index (Phi) is 3.41. The van der Waals surface area contributed by atoms with Gasteiger partial charge in [-0.2, -0.15) is 5.10 Å². The Balaban J connectivity index is 2.85. The van der Waals surface area contributed by atoms with Crippen LogP contribution in [0.25, 0.3) is 0 Å². The Hall–Kier alpha value is -1.62. The van der Waals surface area contributed by atoms with Crippen molar-refractivity contribution < 1.29 is 9.18 Å². The van der Waals surface area contributed by atoms with Crippen molar-refractivity contribution in [1.82, 2.24) is 5.43 Å². The Bertz CT molecular complexity index is 361. The van der Waals surface area contributed by atoms with Gasteiger partial charge in [0, 0.05) is 5.56 Å². The monoisotopic (exact) mass is 215 g/mol. The number of carbonyl (C=O) groups excluding carboxylic acids is 1. The van der Waals surface area contributed by atoms with E-state index in [0.717, 1.165) is 6.21 Å². The lowest BCUT2D eigenvalue weighted by atomic mass is 10.2. The van der Waals surface area contributed by atoms with Crippen molar-refractivity contribution in [2.24, 2.45) is 10.8 Å². The fourth-order valence-corrected chi connectivity index (χ4v) is 1.01. The molecule has 1 aromatic carbocycles. The molecule has 0 aliphatic rings. The van der Waals surface area contributed by atoms with Gasteiger partial charge in [0.15, 0.2) is 0 Å². The highest BCUT2D eigenvalue weighted by Crippen LogP contribution is 2.16. The summed E-state index contributed by atoms with van der Waals surface area (Å²) in [7, 11) is 0. The van der Waals surface area contributed by atoms with Gasteiger partial charge in [0.2, 0.25) is 0 Å². The SMILES string of the molecule is NC(=O)NN=Cc1c(F)cccc1Cl. The highest BCUT2D eigenvalue weighted by atomic mass is 35.5. The second-order valence-corrected chi connectivity index (χ2v) is 2.78. The average Bonchev–Trinajstić information content (AvgIpc) is 2.09. The number of hydrogen-bond donors (Lipinski definition) is 2. The number of hydrazone groups is 1. The van der Waals surface area contributed by atoms with E-state index in [9.17, 15) is 9.18 Å². The zero-order chi connectivity index (χ0) is 10.6. The predicted octanol–water partition coefficient (Wildman–Crippen LogP) is 1.48. The molecule has 0 aliphatic heterocycles. The maximum absolute atomic E-state index is 13.1. The van der Waals surface area contributed by atoms with Crippen molar-refractivity contribution in [3.63, 3.8) is 0 Å². The minimum absolute atomic E-state index is 0.0999. The van der Waals surface area contributed by atoms with Crippen molar-refractivity contribution in [3.05, 3.63) is 34.6 Å². The molecule has 0 saturated heterocycles. The first-order valence-electron chi connectivity index (χ1n) is 3.64. The number of benzene rings is 1. The Labute approximate surface area is 84.5 Å². The van der Waals surface area contributed by atoms with Crippen molar-refractivity contribution in [1.29, 1.82) is 0 Å². The largest absolute Gasteiger partial charge is 0.350 e. The number of hydrogen-bond acceptors (Lipinski definition) is 2. The number of carbonyl (C=O) groups is 1. The molecule has 14 heavy (non-hydrogen) atoms. The lowest BCUT2D eigenvalue weighted by Gasteiger charge is -1.98. The zero-order valence-corrected chi connectivity index (χ0v) is 7.75. The van der Waals surface area contributed by atoms with Crippen LogP contribution in [0.1, 0.15) is 5.56 Å². The maximum Gasteiger partial charge on any atom is 0.332 e. The second kappa shape index (κ2) is 4.57. The molecule has 0 atom stereocenters. The summed E-state index contributed by atoms with van der Waals surface area (Å²) < 4.78 is 13.1. The third-order valence-corrected chi connectivity index (χ3v) is 1.70. The highest BCUT2D eigenvalue weighted by molar-refractivity contribution is 6.33. The molecular weight excluding hydrogens is 209 g/mol. The summed E-state index contributed by atoms with van der Waals surface area (Å²) in [5.74, 6) is -0.521. The molecule has 2 amide bonds. The van der Waals surface area contributed by atoms with Gasteiger partial charge in [-0.25, -0.2) is 14.6 Å². The van der Waals surface area contributed by atoms with Gasteiger partial charge in [-0.1, -0.05) is 17.7 Å². The Morgan fingerprint density at radius 2 is 2.36 bits per heavy atom. The lowest BCUT2D eigenvalue weighted by Crippen LogP contribution is -2.24. The molecule has 0 fully saturated rings. The van der Waals surface area contributed by atoms with E-state index in [1.54, 1.807) is 0 Å². The van der Waals surface area contributed by atoms with Gasteiger partial charge >= 0.3 is 6.03 Å². The van der Waals surface area contributed by atoms with E-state index >= 15 is 0 Å². The van der Waals surface area contributed by atoms with Gasteiger partial charge in [0.25, 0.3) is 0 Å². The summed E-state index contributed by atoms with van der Waals surface area (Å²) >= 11 is 5.67. The molecule has 3 N–H and O–H groups in total. The molecule has 0 aliphatic carbocycles. The van der Waals surface area contributed by atoms with E-state index in [4.69, 9.17) is 17.3 Å². The van der Waals surface area contributed by atoms with Crippen LogP contribution in [0.2, 0.25) is 5.02 Å². The minimum atomic E-state index is -0.825. The second-order valence-electron chi connectivity index (χ2n) is 2.37. The lowest BCUT2D eigenvalue weighted by molar-refractivity contribution is 0.249. The number of primary amides is 1. The topological polar surface area (TPSA) is 67.5 Å². The first kappa shape index (κ1) is 10.5. The smallest absolute Gasteiger partial charge is 0.332 e. The van der Waals surface area contributed by atoms with Crippen molar-refractivity contribution in [2.75, 3.05) is 0 Å². The molecule has 0 radical (unpaired) electrons. The van der Waals surface area contributed by atoms with Gasteiger partial charge in [-0.3, -0.25) is 0 Å². The van der Waals surface area contributed by atoms with Crippen LogP contribution in [0.4, 0.5) is 9.18 Å². The van der Waals surface area contributed by atoms with E-state index in [0.29, 0.717) is 0 Å². The quantitative estimate of drug-likeness (QED) is 0.570. The van der Waals surface area contributed by atoms with Crippen LogP contribution in [0, 0.1) is 5.82 Å². The van der Waals surface area contributed by atoms with Gasteiger partial charge in [-0.15, -0.1) is 0 Å². The number of urea groups is 1. The van der Waals surface area contributed by atoms with Gasteiger partial charge < -0.3 is 5.73 Å². The Morgan fingerprint density at radius 1 is 1.64 bits per heavy atom. The van der Waals surface area contributed by atoms with Crippen molar-refractivity contribution in [3.8, 4) is 0 Å². The zero-order valence-electron chi connectivity index (χ0n) is 7.00. The van der Waals surface area contributed by atoms with E-state index in [1.165, 1.54) is 18.2 Å². The van der Waals surface area contributed by atoms with E-state index in [2.05, 4.69) is 5.10 Å². The summed E-state index contributed by atoms with van der Waals surface area (Å²) in [6.07, 6.45) is 1.09. The van der Waals surface area contributed by atoms with Crippen LogP contribution >= 0.6 is 11.6 Å². The first-order valence-corrected chi connectivity index (χ1v) is 4.01. The average molecular weight is 216 g/mol. The fraction of sp³-hybridized carbons (Fsp3) is 0. The standard InChI is InChI=1S/C8H7ClFN3O/c9-6-2-1-3-7(10)5(6)4-12-13-8(11)14/h1-4H,(H3,11,13,14). The molecule has 0 bridgehead atoms. The van der Waals surface area contributed by atoms with E-state index in [1.807, 2.05) is 5.43 Å². The number of halogens is 2. The van der Waals surface area contributed by atoms with Crippen LogP contribution in [-0.2, 0) is 0 Å².